The Morgan fingerprint density at radius 2 is 2.00 bits per heavy atom. The molecule has 0 fully saturated rings. The van der Waals surface area contributed by atoms with Crippen LogP contribution in [-0.2, 0) is 6.54 Å². The Morgan fingerprint density at radius 3 is 2.88 bits per heavy atom. The summed E-state index contributed by atoms with van der Waals surface area (Å²) in [5.74, 6) is -0.223. The number of benzene rings is 2. The lowest BCUT2D eigenvalue weighted by molar-refractivity contribution is 0.624. The quantitative estimate of drug-likeness (QED) is 0.421. The zero-order valence-electron chi connectivity index (χ0n) is 17.5. The standard InChI is InChI=1S/C26H22FN5/c27-20-3-1-2-17(12-20)15-32-16-30-23-5-4-19(13-25(23)32)21-8-11-29-26-22(21)14-24(31-26)18-6-9-28-10-7-18/h1-6,8,11-14,16,28H,7,9-10,15H2,(H,29,31). The zero-order chi connectivity index (χ0) is 21.5. The molecule has 0 saturated carbocycles. The van der Waals surface area contributed by atoms with Crippen LogP contribution in [0.15, 0.2) is 73.2 Å². The van der Waals surface area contributed by atoms with E-state index in [1.165, 1.54) is 11.6 Å². The Labute approximate surface area is 184 Å². The van der Waals surface area contributed by atoms with Crippen LogP contribution in [0.5, 0.6) is 0 Å². The maximum Gasteiger partial charge on any atom is 0.138 e. The van der Waals surface area contributed by atoms with Crippen LogP contribution >= 0.6 is 0 Å². The van der Waals surface area contributed by atoms with Gasteiger partial charge < -0.3 is 14.9 Å². The van der Waals surface area contributed by atoms with Gasteiger partial charge in [-0.2, -0.15) is 0 Å². The van der Waals surface area contributed by atoms with Gasteiger partial charge in [0, 0.05) is 30.4 Å². The van der Waals surface area contributed by atoms with E-state index in [1.807, 2.05) is 24.7 Å². The molecule has 0 amide bonds. The lowest BCUT2D eigenvalue weighted by atomic mass is 10.0. The number of imidazole rings is 1. The van der Waals surface area contributed by atoms with Crippen molar-refractivity contribution in [2.75, 3.05) is 13.1 Å². The first-order valence-corrected chi connectivity index (χ1v) is 10.8. The molecule has 1 aliphatic heterocycles. The monoisotopic (exact) mass is 423 g/mol. The fraction of sp³-hybridized carbons (Fsp3) is 0.154. The Bertz CT molecular complexity index is 1480. The molecule has 2 N–H and O–H groups in total. The average Bonchev–Trinajstić information content (AvgIpc) is 3.44. The highest BCUT2D eigenvalue weighted by Crippen LogP contribution is 2.32. The van der Waals surface area contributed by atoms with Gasteiger partial charge in [0.25, 0.3) is 0 Å². The van der Waals surface area contributed by atoms with Crippen LogP contribution in [-0.4, -0.2) is 32.6 Å². The highest BCUT2D eigenvalue weighted by Gasteiger charge is 2.14. The van der Waals surface area contributed by atoms with E-state index in [2.05, 4.69) is 55.2 Å². The molecular formula is C26H22FN5. The summed E-state index contributed by atoms with van der Waals surface area (Å²) in [5, 5.41) is 4.47. The van der Waals surface area contributed by atoms with Gasteiger partial charge in [0.2, 0.25) is 0 Å². The SMILES string of the molecule is Fc1cccc(Cn2cnc3ccc(-c4ccnc5[nH]c(C6=CCNCC6)cc45)cc32)c1. The molecular weight excluding hydrogens is 401 g/mol. The molecule has 6 heteroatoms. The van der Waals surface area contributed by atoms with Crippen molar-refractivity contribution in [3.05, 3.63) is 90.3 Å². The van der Waals surface area contributed by atoms with Crippen LogP contribution in [0.2, 0.25) is 0 Å². The third-order valence-electron chi connectivity index (χ3n) is 6.12. The molecule has 5 nitrogen and oxygen atoms in total. The van der Waals surface area contributed by atoms with Crippen LogP contribution < -0.4 is 5.32 Å². The molecule has 0 unspecified atom stereocenters. The third kappa shape index (κ3) is 3.39. The predicted molar refractivity (Wildman–Crippen MR) is 126 cm³/mol. The number of hydrogen-bond donors (Lipinski definition) is 2. The first-order chi connectivity index (χ1) is 15.7. The molecule has 0 radical (unpaired) electrons. The second-order valence-electron chi connectivity index (χ2n) is 8.19. The molecule has 6 rings (SSSR count). The van der Waals surface area contributed by atoms with E-state index < -0.39 is 0 Å². The maximum atomic E-state index is 13.6. The van der Waals surface area contributed by atoms with Crippen molar-refractivity contribution in [3.63, 3.8) is 0 Å². The molecule has 0 bridgehead atoms. The Kier molecular flexibility index (Phi) is 4.58. The minimum absolute atomic E-state index is 0.223. The molecule has 0 saturated heterocycles. The highest BCUT2D eigenvalue weighted by molar-refractivity contribution is 5.97. The van der Waals surface area contributed by atoms with Crippen molar-refractivity contribution in [3.8, 4) is 11.1 Å². The number of fused-ring (bicyclic) bond motifs is 2. The predicted octanol–water partition coefficient (Wildman–Crippen LogP) is 5.14. The number of rotatable bonds is 4. The van der Waals surface area contributed by atoms with E-state index in [9.17, 15) is 4.39 Å². The van der Waals surface area contributed by atoms with Crippen molar-refractivity contribution in [1.29, 1.82) is 0 Å². The molecule has 1 aliphatic rings. The highest BCUT2D eigenvalue weighted by atomic mass is 19.1. The van der Waals surface area contributed by atoms with Crippen LogP contribution in [0.1, 0.15) is 17.7 Å². The van der Waals surface area contributed by atoms with Crippen LogP contribution in [0.25, 0.3) is 38.8 Å². The van der Waals surface area contributed by atoms with Gasteiger partial charge in [0.15, 0.2) is 0 Å². The van der Waals surface area contributed by atoms with Crippen molar-refractivity contribution in [1.82, 2.24) is 24.8 Å². The molecule has 4 heterocycles. The lowest BCUT2D eigenvalue weighted by Gasteiger charge is -2.12. The van der Waals surface area contributed by atoms with Gasteiger partial charge in [0.1, 0.15) is 11.5 Å². The smallest absolute Gasteiger partial charge is 0.138 e. The summed E-state index contributed by atoms with van der Waals surface area (Å²) < 4.78 is 15.7. The zero-order valence-corrected chi connectivity index (χ0v) is 17.5. The topological polar surface area (TPSA) is 58.5 Å². The lowest BCUT2D eigenvalue weighted by Crippen LogP contribution is -2.20. The number of nitrogens with zero attached hydrogens (tertiary/aromatic N) is 3. The van der Waals surface area contributed by atoms with Gasteiger partial charge in [-0.15, -0.1) is 0 Å². The Morgan fingerprint density at radius 1 is 1.03 bits per heavy atom. The molecule has 3 aromatic heterocycles. The molecule has 0 spiro atoms. The second-order valence-corrected chi connectivity index (χ2v) is 8.19. The molecule has 0 atom stereocenters. The van der Waals surface area contributed by atoms with Crippen molar-refractivity contribution < 1.29 is 4.39 Å². The van der Waals surface area contributed by atoms with Gasteiger partial charge in [-0.25, -0.2) is 14.4 Å². The first kappa shape index (κ1) is 19.0. The summed E-state index contributed by atoms with van der Waals surface area (Å²) >= 11 is 0. The number of aromatic amines is 1. The van der Waals surface area contributed by atoms with E-state index >= 15 is 0 Å². The Hall–Kier alpha value is -3.77. The summed E-state index contributed by atoms with van der Waals surface area (Å²) in [6.07, 6.45) is 6.92. The number of halogens is 1. The summed E-state index contributed by atoms with van der Waals surface area (Å²) in [4.78, 5) is 12.6. The normalized spacial score (nSPS) is 14.2. The largest absolute Gasteiger partial charge is 0.339 e. The second kappa shape index (κ2) is 7.73. The summed E-state index contributed by atoms with van der Waals surface area (Å²) in [5.41, 5.74) is 8.45. The molecule has 32 heavy (non-hydrogen) atoms. The summed E-state index contributed by atoms with van der Waals surface area (Å²) in [6.45, 7) is 2.46. The van der Waals surface area contributed by atoms with Gasteiger partial charge in [0.05, 0.1) is 17.4 Å². The van der Waals surface area contributed by atoms with Gasteiger partial charge in [-0.1, -0.05) is 24.3 Å². The number of hydrogen-bond acceptors (Lipinski definition) is 3. The van der Waals surface area contributed by atoms with E-state index in [0.29, 0.717) is 6.54 Å². The summed E-state index contributed by atoms with van der Waals surface area (Å²) in [6, 6.07) is 17.3. The fourth-order valence-electron chi connectivity index (χ4n) is 4.50. The van der Waals surface area contributed by atoms with Crippen LogP contribution in [0, 0.1) is 5.82 Å². The minimum atomic E-state index is -0.223. The van der Waals surface area contributed by atoms with Gasteiger partial charge >= 0.3 is 0 Å². The minimum Gasteiger partial charge on any atom is -0.339 e. The average molecular weight is 423 g/mol. The van der Waals surface area contributed by atoms with E-state index in [4.69, 9.17) is 0 Å². The Balaban J connectivity index is 1.42. The molecule has 0 aliphatic carbocycles. The van der Waals surface area contributed by atoms with E-state index in [0.717, 1.165) is 64.0 Å². The number of H-pyrrole nitrogens is 1. The number of pyridine rings is 1. The third-order valence-corrected chi connectivity index (χ3v) is 6.12. The van der Waals surface area contributed by atoms with Crippen molar-refractivity contribution in [2.24, 2.45) is 0 Å². The molecule has 158 valence electrons. The maximum absolute atomic E-state index is 13.6. The van der Waals surface area contributed by atoms with Crippen molar-refractivity contribution >= 4 is 27.6 Å². The van der Waals surface area contributed by atoms with Crippen molar-refractivity contribution in [2.45, 2.75) is 13.0 Å². The van der Waals surface area contributed by atoms with Gasteiger partial charge in [-0.3, -0.25) is 0 Å². The molecule has 5 aromatic rings. The fourth-order valence-corrected chi connectivity index (χ4v) is 4.50. The van der Waals surface area contributed by atoms with Crippen LogP contribution in [0.3, 0.4) is 0 Å². The van der Waals surface area contributed by atoms with E-state index in [1.54, 1.807) is 12.1 Å². The van der Waals surface area contributed by atoms with Gasteiger partial charge in [-0.05, 0) is 71.6 Å². The summed E-state index contributed by atoms with van der Waals surface area (Å²) in [7, 11) is 0. The van der Waals surface area contributed by atoms with E-state index in [-0.39, 0.29) is 5.82 Å². The van der Waals surface area contributed by atoms with Crippen LogP contribution in [0.4, 0.5) is 4.39 Å². The first-order valence-electron chi connectivity index (χ1n) is 10.8. The number of aromatic nitrogens is 4. The molecule has 2 aromatic carbocycles. The number of nitrogens with one attached hydrogen (secondary N) is 2.